The van der Waals surface area contributed by atoms with E-state index in [0.29, 0.717) is 34.1 Å². The van der Waals surface area contributed by atoms with Gasteiger partial charge in [0, 0.05) is 29.6 Å². The van der Waals surface area contributed by atoms with Crippen molar-refractivity contribution >= 4 is 40.2 Å². The third kappa shape index (κ3) is 4.24. The van der Waals surface area contributed by atoms with Gasteiger partial charge in [0.15, 0.2) is 5.58 Å². The highest BCUT2D eigenvalue weighted by Gasteiger charge is 2.10. The van der Waals surface area contributed by atoms with Crippen LogP contribution in [0.5, 0.6) is 0 Å². The number of carbonyl (C=O) groups is 1. The van der Waals surface area contributed by atoms with Gasteiger partial charge in [0.2, 0.25) is 5.91 Å². The van der Waals surface area contributed by atoms with E-state index < -0.39 is 5.76 Å². The Labute approximate surface area is 154 Å². The average Bonchev–Trinajstić information content (AvgIpc) is 2.90. The number of hydrogen-bond donors (Lipinski definition) is 1. The number of carbonyl (C=O) groups excluding carboxylic acids is 1. The molecule has 1 N–H and O–H groups in total. The van der Waals surface area contributed by atoms with Gasteiger partial charge in [-0.2, -0.15) is 0 Å². The third-order valence-corrected chi connectivity index (χ3v) is 4.45. The number of halogens is 2. The topological polar surface area (TPSA) is 64.2 Å². The molecular formula is C18H16Cl2N2O3. The molecule has 0 saturated carbocycles. The van der Waals surface area contributed by atoms with Gasteiger partial charge in [-0.1, -0.05) is 41.4 Å². The Morgan fingerprint density at radius 1 is 1.16 bits per heavy atom. The number of amides is 1. The SMILES string of the molecule is O=C(CCn1c(=O)oc2ccccc21)NCCc1ccc(Cl)cc1Cl. The minimum absolute atomic E-state index is 0.137. The van der Waals surface area contributed by atoms with E-state index in [2.05, 4.69) is 5.32 Å². The zero-order valence-electron chi connectivity index (χ0n) is 13.3. The van der Waals surface area contributed by atoms with Crippen molar-refractivity contribution in [1.29, 1.82) is 0 Å². The van der Waals surface area contributed by atoms with Crippen LogP contribution in [0.4, 0.5) is 0 Å². The number of fused-ring (bicyclic) bond motifs is 1. The van der Waals surface area contributed by atoms with Crippen molar-refractivity contribution in [2.75, 3.05) is 6.54 Å². The van der Waals surface area contributed by atoms with Crippen LogP contribution in [0.3, 0.4) is 0 Å². The molecule has 0 fully saturated rings. The minimum atomic E-state index is -0.457. The molecule has 0 saturated heterocycles. The second-order valence-electron chi connectivity index (χ2n) is 5.57. The second kappa shape index (κ2) is 7.76. The number of aromatic nitrogens is 1. The maximum atomic E-state index is 12.0. The lowest BCUT2D eigenvalue weighted by molar-refractivity contribution is -0.121. The zero-order chi connectivity index (χ0) is 17.8. The van der Waals surface area contributed by atoms with E-state index in [0.717, 1.165) is 5.56 Å². The molecular weight excluding hydrogens is 363 g/mol. The van der Waals surface area contributed by atoms with Crippen molar-refractivity contribution < 1.29 is 9.21 Å². The molecule has 1 aromatic heterocycles. The minimum Gasteiger partial charge on any atom is -0.408 e. The largest absolute Gasteiger partial charge is 0.419 e. The van der Waals surface area contributed by atoms with Gasteiger partial charge in [0.25, 0.3) is 0 Å². The number of para-hydroxylation sites is 2. The molecule has 5 nitrogen and oxygen atoms in total. The molecule has 0 atom stereocenters. The summed E-state index contributed by atoms with van der Waals surface area (Å²) in [5.41, 5.74) is 2.13. The first-order valence-corrected chi connectivity index (χ1v) is 8.59. The van der Waals surface area contributed by atoms with Crippen molar-refractivity contribution in [2.45, 2.75) is 19.4 Å². The summed E-state index contributed by atoms with van der Waals surface area (Å²) in [5, 5.41) is 3.99. The van der Waals surface area contributed by atoms with Crippen molar-refractivity contribution in [1.82, 2.24) is 9.88 Å². The van der Waals surface area contributed by atoms with Gasteiger partial charge in [0.05, 0.1) is 5.52 Å². The molecule has 1 amide bonds. The predicted octanol–water partition coefficient (Wildman–Crippen LogP) is 3.65. The monoisotopic (exact) mass is 378 g/mol. The first-order chi connectivity index (χ1) is 12.0. The van der Waals surface area contributed by atoms with Crippen molar-refractivity contribution in [2.24, 2.45) is 0 Å². The van der Waals surface area contributed by atoms with Crippen molar-refractivity contribution in [3.63, 3.8) is 0 Å². The normalized spacial score (nSPS) is 11.0. The zero-order valence-corrected chi connectivity index (χ0v) is 14.8. The van der Waals surface area contributed by atoms with Gasteiger partial charge in [-0.15, -0.1) is 0 Å². The molecule has 1 heterocycles. The third-order valence-electron chi connectivity index (χ3n) is 3.87. The fourth-order valence-electron chi connectivity index (χ4n) is 2.59. The molecule has 0 aliphatic heterocycles. The summed E-state index contributed by atoms with van der Waals surface area (Å²) in [6, 6.07) is 12.4. The first-order valence-electron chi connectivity index (χ1n) is 7.83. The first kappa shape index (κ1) is 17.6. The van der Waals surface area contributed by atoms with Crippen LogP contribution in [-0.2, 0) is 17.8 Å². The molecule has 2 aromatic carbocycles. The molecule has 3 aromatic rings. The van der Waals surface area contributed by atoms with E-state index >= 15 is 0 Å². The summed E-state index contributed by atoms with van der Waals surface area (Å²) >= 11 is 12.0. The van der Waals surface area contributed by atoms with Crippen LogP contribution < -0.4 is 11.1 Å². The maximum Gasteiger partial charge on any atom is 0.419 e. The Morgan fingerprint density at radius 3 is 2.76 bits per heavy atom. The smallest absolute Gasteiger partial charge is 0.408 e. The van der Waals surface area contributed by atoms with Crippen LogP contribution in [0.1, 0.15) is 12.0 Å². The number of hydrogen-bond acceptors (Lipinski definition) is 3. The van der Waals surface area contributed by atoms with Crippen LogP contribution >= 0.6 is 23.2 Å². The summed E-state index contributed by atoms with van der Waals surface area (Å²) in [6.45, 7) is 0.727. The van der Waals surface area contributed by atoms with Crippen molar-refractivity contribution in [3.05, 3.63) is 68.6 Å². The number of aryl methyl sites for hydroxylation is 1. The van der Waals surface area contributed by atoms with Crippen LogP contribution in [-0.4, -0.2) is 17.0 Å². The highest BCUT2D eigenvalue weighted by Crippen LogP contribution is 2.21. The average molecular weight is 379 g/mol. The standard InChI is InChI=1S/C18H16Cl2N2O3/c19-13-6-5-12(14(20)11-13)7-9-21-17(23)8-10-22-15-3-1-2-4-16(15)25-18(22)24/h1-6,11H,7-10H2,(H,21,23). The second-order valence-corrected chi connectivity index (χ2v) is 6.42. The van der Waals surface area contributed by atoms with Crippen LogP contribution in [0, 0.1) is 0 Å². The van der Waals surface area contributed by atoms with Crippen LogP contribution in [0.25, 0.3) is 11.1 Å². The number of nitrogens with zero attached hydrogens (tertiary/aromatic N) is 1. The molecule has 7 heteroatoms. The molecule has 0 spiro atoms. The van der Waals surface area contributed by atoms with E-state index in [4.69, 9.17) is 27.6 Å². The van der Waals surface area contributed by atoms with E-state index in [9.17, 15) is 9.59 Å². The molecule has 0 aliphatic rings. The molecule has 0 unspecified atom stereocenters. The van der Waals surface area contributed by atoms with Gasteiger partial charge in [-0.3, -0.25) is 9.36 Å². The summed E-state index contributed by atoms with van der Waals surface area (Å²) in [6.07, 6.45) is 0.800. The summed E-state index contributed by atoms with van der Waals surface area (Å²) in [5.74, 6) is -0.593. The molecule has 0 aliphatic carbocycles. The molecule has 0 bridgehead atoms. The summed E-state index contributed by atoms with van der Waals surface area (Å²) in [7, 11) is 0. The maximum absolute atomic E-state index is 12.0. The number of rotatable bonds is 6. The Morgan fingerprint density at radius 2 is 1.96 bits per heavy atom. The summed E-state index contributed by atoms with van der Waals surface area (Å²) < 4.78 is 6.61. The predicted molar refractivity (Wildman–Crippen MR) is 98.3 cm³/mol. The van der Waals surface area contributed by atoms with Gasteiger partial charge in [-0.05, 0) is 36.2 Å². The van der Waals surface area contributed by atoms with E-state index in [1.165, 1.54) is 4.57 Å². The fraction of sp³-hybridized carbons (Fsp3) is 0.222. The molecule has 25 heavy (non-hydrogen) atoms. The highest BCUT2D eigenvalue weighted by molar-refractivity contribution is 6.35. The summed E-state index contributed by atoms with van der Waals surface area (Å²) in [4.78, 5) is 23.9. The van der Waals surface area contributed by atoms with Gasteiger partial charge >= 0.3 is 5.76 Å². The molecule has 3 rings (SSSR count). The van der Waals surface area contributed by atoms with Crippen LogP contribution in [0.2, 0.25) is 10.0 Å². The quantitative estimate of drug-likeness (QED) is 0.711. The van der Waals surface area contributed by atoms with E-state index in [1.54, 1.807) is 30.3 Å². The van der Waals surface area contributed by atoms with Gasteiger partial charge in [0.1, 0.15) is 0 Å². The Balaban J connectivity index is 1.53. The lowest BCUT2D eigenvalue weighted by Gasteiger charge is -2.07. The molecule has 0 radical (unpaired) electrons. The number of oxazole rings is 1. The van der Waals surface area contributed by atoms with E-state index in [-0.39, 0.29) is 18.9 Å². The molecule has 130 valence electrons. The number of benzene rings is 2. The lowest BCUT2D eigenvalue weighted by Crippen LogP contribution is -2.28. The Bertz CT molecular complexity index is 962. The highest BCUT2D eigenvalue weighted by atomic mass is 35.5. The van der Waals surface area contributed by atoms with E-state index in [1.807, 2.05) is 12.1 Å². The fourth-order valence-corrected chi connectivity index (χ4v) is 3.09. The van der Waals surface area contributed by atoms with Gasteiger partial charge < -0.3 is 9.73 Å². The van der Waals surface area contributed by atoms with Gasteiger partial charge in [-0.25, -0.2) is 4.79 Å². The number of nitrogens with one attached hydrogen (secondary N) is 1. The Kier molecular flexibility index (Phi) is 5.46. The lowest BCUT2D eigenvalue weighted by atomic mass is 10.1. The van der Waals surface area contributed by atoms with Crippen LogP contribution in [0.15, 0.2) is 51.7 Å². The van der Waals surface area contributed by atoms with Crippen molar-refractivity contribution in [3.8, 4) is 0 Å². The Hall–Kier alpha value is -2.24.